The fourth-order valence-electron chi connectivity index (χ4n) is 4.70. The zero-order chi connectivity index (χ0) is 24.2. The number of amides is 1. The highest BCUT2D eigenvalue weighted by molar-refractivity contribution is 5.94. The molecule has 0 radical (unpaired) electrons. The quantitative estimate of drug-likeness (QED) is 0.360. The van der Waals surface area contributed by atoms with Gasteiger partial charge in [-0.3, -0.25) is 4.79 Å². The molecule has 4 aromatic rings. The minimum atomic E-state index is -0.368. The van der Waals surface area contributed by atoms with Gasteiger partial charge in [0.25, 0.3) is 5.91 Å². The van der Waals surface area contributed by atoms with E-state index >= 15 is 0 Å². The summed E-state index contributed by atoms with van der Waals surface area (Å²) in [6, 6.07) is 26.0. The molecule has 1 saturated heterocycles. The van der Waals surface area contributed by atoms with Crippen LogP contribution in [0, 0.1) is 11.7 Å². The second kappa shape index (κ2) is 10.1. The van der Waals surface area contributed by atoms with E-state index in [0.29, 0.717) is 41.7 Å². The van der Waals surface area contributed by atoms with Crippen LogP contribution in [0.1, 0.15) is 28.9 Å². The van der Waals surface area contributed by atoms with E-state index in [9.17, 15) is 9.18 Å². The number of nitrogens with zero attached hydrogens (tertiary/aromatic N) is 3. The molecule has 1 aromatic heterocycles. The van der Waals surface area contributed by atoms with Gasteiger partial charge in [-0.2, -0.15) is 5.10 Å². The van der Waals surface area contributed by atoms with Gasteiger partial charge in [-0.15, -0.1) is 0 Å². The molecule has 0 spiro atoms. The van der Waals surface area contributed by atoms with E-state index in [0.717, 1.165) is 24.9 Å². The summed E-state index contributed by atoms with van der Waals surface area (Å²) in [5, 5.41) is 4.64. The van der Waals surface area contributed by atoms with Gasteiger partial charge in [-0.05, 0) is 73.2 Å². The number of likely N-dealkylation sites (tertiary alicyclic amines) is 1. The molecule has 35 heavy (non-hydrogen) atoms. The molecule has 0 bridgehead atoms. The average Bonchev–Trinajstić information content (AvgIpc) is 3.35. The van der Waals surface area contributed by atoms with Gasteiger partial charge in [0.1, 0.15) is 17.3 Å². The van der Waals surface area contributed by atoms with E-state index in [-0.39, 0.29) is 11.7 Å². The molecule has 1 amide bonds. The number of methoxy groups -OCH3 is 1. The first kappa shape index (κ1) is 22.8. The van der Waals surface area contributed by atoms with Gasteiger partial charge in [0.2, 0.25) is 0 Å². The Labute approximate surface area is 204 Å². The molecule has 1 aliphatic heterocycles. The van der Waals surface area contributed by atoms with E-state index in [1.54, 1.807) is 36.1 Å². The molecule has 6 heteroatoms. The molecule has 3 aromatic carbocycles. The number of ether oxygens (including phenoxy) is 1. The predicted molar refractivity (Wildman–Crippen MR) is 134 cm³/mol. The van der Waals surface area contributed by atoms with Crippen LogP contribution >= 0.6 is 0 Å². The summed E-state index contributed by atoms with van der Waals surface area (Å²) in [6.07, 6.45) is 2.94. The maximum Gasteiger partial charge on any atom is 0.272 e. The Bertz CT molecular complexity index is 1290. The Morgan fingerprint density at radius 1 is 0.971 bits per heavy atom. The Morgan fingerprint density at radius 2 is 1.66 bits per heavy atom. The predicted octanol–water partition coefficient (Wildman–Crippen LogP) is 5.78. The summed E-state index contributed by atoms with van der Waals surface area (Å²) in [6.45, 7) is 1.39. The summed E-state index contributed by atoms with van der Waals surface area (Å²) in [5.74, 6) is 0.812. The zero-order valence-corrected chi connectivity index (χ0v) is 19.7. The van der Waals surface area contributed by atoms with Crippen molar-refractivity contribution in [2.75, 3.05) is 20.2 Å². The lowest BCUT2D eigenvalue weighted by Crippen LogP contribution is -2.39. The average molecular weight is 470 g/mol. The van der Waals surface area contributed by atoms with Crippen molar-refractivity contribution in [3.05, 3.63) is 102 Å². The molecule has 178 valence electrons. The molecule has 1 aliphatic rings. The van der Waals surface area contributed by atoms with Gasteiger partial charge in [0.15, 0.2) is 0 Å². The summed E-state index contributed by atoms with van der Waals surface area (Å²) < 4.78 is 21.4. The minimum Gasteiger partial charge on any atom is -0.497 e. The standard InChI is InChI=1S/C29H28FN3O2/c1-35-24-13-11-23(12-14-24)33-28(20-27(31-33)25-9-5-6-10-26(25)30)29(34)32-17-15-22(16-18-32)19-21-7-3-2-4-8-21/h2-14,20,22H,15-19H2,1H3. The molecule has 0 atom stereocenters. The van der Waals surface area contributed by atoms with Crippen LogP contribution in [0.2, 0.25) is 0 Å². The fraction of sp³-hybridized carbons (Fsp3) is 0.241. The topological polar surface area (TPSA) is 47.4 Å². The summed E-state index contributed by atoms with van der Waals surface area (Å²) in [4.78, 5) is 15.6. The van der Waals surface area contributed by atoms with Crippen LogP contribution in [0.4, 0.5) is 4.39 Å². The van der Waals surface area contributed by atoms with Crippen LogP contribution in [0.25, 0.3) is 16.9 Å². The third-order valence-corrected chi connectivity index (χ3v) is 6.66. The van der Waals surface area contributed by atoms with E-state index in [4.69, 9.17) is 4.74 Å². The molecule has 2 heterocycles. The van der Waals surface area contributed by atoms with E-state index in [1.807, 2.05) is 35.2 Å². The number of carbonyl (C=O) groups excluding carboxylic acids is 1. The first-order valence-electron chi connectivity index (χ1n) is 11.9. The number of benzene rings is 3. The minimum absolute atomic E-state index is 0.0888. The van der Waals surface area contributed by atoms with Crippen molar-refractivity contribution < 1.29 is 13.9 Å². The lowest BCUT2D eigenvalue weighted by atomic mass is 9.90. The first-order valence-corrected chi connectivity index (χ1v) is 11.9. The second-order valence-corrected chi connectivity index (χ2v) is 8.93. The largest absolute Gasteiger partial charge is 0.497 e. The Hall–Kier alpha value is -3.93. The van der Waals surface area contributed by atoms with Crippen molar-refractivity contribution >= 4 is 5.91 Å². The van der Waals surface area contributed by atoms with Crippen molar-refractivity contribution in [2.45, 2.75) is 19.3 Å². The molecule has 5 nitrogen and oxygen atoms in total. The molecular weight excluding hydrogens is 441 g/mol. The maximum absolute atomic E-state index is 14.5. The molecule has 0 unspecified atom stereocenters. The van der Waals surface area contributed by atoms with Gasteiger partial charge in [0, 0.05) is 18.7 Å². The van der Waals surface area contributed by atoms with E-state index in [2.05, 4.69) is 29.4 Å². The highest BCUT2D eigenvalue weighted by Crippen LogP contribution is 2.28. The second-order valence-electron chi connectivity index (χ2n) is 8.93. The van der Waals surface area contributed by atoms with E-state index < -0.39 is 0 Å². The number of halogens is 1. The molecule has 0 aliphatic carbocycles. The lowest BCUT2D eigenvalue weighted by molar-refractivity contribution is 0.0681. The first-order chi connectivity index (χ1) is 17.1. The number of hydrogen-bond donors (Lipinski definition) is 0. The van der Waals surface area contributed by atoms with Crippen molar-refractivity contribution in [3.8, 4) is 22.7 Å². The van der Waals surface area contributed by atoms with Crippen molar-refractivity contribution in [1.29, 1.82) is 0 Å². The summed E-state index contributed by atoms with van der Waals surface area (Å²) >= 11 is 0. The van der Waals surface area contributed by atoms with Crippen LogP contribution in [0.3, 0.4) is 0 Å². The Kier molecular flexibility index (Phi) is 6.62. The maximum atomic E-state index is 14.5. The van der Waals surface area contributed by atoms with Crippen molar-refractivity contribution in [3.63, 3.8) is 0 Å². The van der Waals surface area contributed by atoms with Gasteiger partial charge in [-0.1, -0.05) is 42.5 Å². The number of aromatic nitrogens is 2. The number of hydrogen-bond acceptors (Lipinski definition) is 3. The van der Waals surface area contributed by atoms with Gasteiger partial charge in [-0.25, -0.2) is 9.07 Å². The fourth-order valence-corrected chi connectivity index (χ4v) is 4.70. The molecule has 1 fully saturated rings. The molecule has 0 saturated carbocycles. The number of carbonyl (C=O) groups is 1. The van der Waals surface area contributed by atoms with Crippen LogP contribution < -0.4 is 4.74 Å². The number of rotatable bonds is 6. The van der Waals surface area contributed by atoms with E-state index in [1.165, 1.54) is 11.6 Å². The smallest absolute Gasteiger partial charge is 0.272 e. The lowest BCUT2D eigenvalue weighted by Gasteiger charge is -2.32. The zero-order valence-electron chi connectivity index (χ0n) is 19.7. The van der Waals surface area contributed by atoms with Gasteiger partial charge >= 0.3 is 0 Å². The van der Waals surface area contributed by atoms with Gasteiger partial charge in [0.05, 0.1) is 18.5 Å². The summed E-state index contributed by atoms with van der Waals surface area (Å²) in [5.41, 5.74) is 3.28. The normalized spacial score (nSPS) is 14.2. The Morgan fingerprint density at radius 3 is 2.34 bits per heavy atom. The number of piperidine rings is 1. The van der Waals surface area contributed by atoms with Crippen molar-refractivity contribution in [1.82, 2.24) is 14.7 Å². The van der Waals surface area contributed by atoms with Crippen molar-refractivity contribution in [2.24, 2.45) is 5.92 Å². The van der Waals surface area contributed by atoms with Crippen LogP contribution in [0.15, 0.2) is 84.9 Å². The summed E-state index contributed by atoms with van der Waals surface area (Å²) in [7, 11) is 1.61. The highest BCUT2D eigenvalue weighted by atomic mass is 19.1. The highest BCUT2D eigenvalue weighted by Gasteiger charge is 2.27. The monoisotopic (exact) mass is 469 g/mol. The Balaban J connectivity index is 1.40. The third kappa shape index (κ3) is 4.97. The van der Waals surface area contributed by atoms with Gasteiger partial charge < -0.3 is 9.64 Å². The molecule has 5 rings (SSSR count). The van der Waals surface area contributed by atoms with Crippen LogP contribution in [-0.2, 0) is 6.42 Å². The van der Waals surface area contributed by atoms with Crippen LogP contribution in [0.5, 0.6) is 5.75 Å². The third-order valence-electron chi connectivity index (χ3n) is 6.66. The molecule has 0 N–H and O–H groups in total. The molecular formula is C29H28FN3O2. The van der Waals surface area contributed by atoms with Crippen LogP contribution in [-0.4, -0.2) is 40.8 Å². The SMILES string of the molecule is COc1ccc(-n2nc(-c3ccccc3F)cc2C(=O)N2CCC(Cc3ccccc3)CC2)cc1.